The molecule has 0 radical (unpaired) electrons. The summed E-state index contributed by atoms with van der Waals surface area (Å²) in [6.45, 7) is 1.93. The summed E-state index contributed by atoms with van der Waals surface area (Å²) in [4.78, 5) is 18.1. The molecule has 0 saturated carbocycles. The standard InChI is InChI=1S/C16H20N2O4S2/c1-3-5-15(19)17-16-18(11-6-4-7-12(8-11)22-2)13-9-24(20,21)10-14(13)23-16/h4,6-8,13-14H,3,5,9-10H2,1-2H3/t13-,14+/m1/s1. The van der Waals surface area contributed by atoms with E-state index >= 15 is 0 Å². The van der Waals surface area contributed by atoms with Gasteiger partial charge in [0.05, 0.1) is 24.7 Å². The quantitative estimate of drug-likeness (QED) is 0.810. The molecule has 0 N–H and O–H groups in total. The predicted octanol–water partition coefficient (Wildman–Crippen LogP) is 2.10. The van der Waals surface area contributed by atoms with Crippen LogP contribution in [0.2, 0.25) is 0 Å². The van der Waals surface area contributed by atoms with Crippen LogP contribution in [-0.2, 0) is 14.6 Å². The van der Waals surface area contributed by atoms with Crippen molar-refractivity contribution in [3.63, 3.8) is 0 Å². The molecule has 2 fully saturated rings. The molecule has 0 unspecified atom stereocenters. The second kappa shape index (κ2) is 6.76. The molecule has 0 aliphatic carbocycles. The van der Waals surface area contributed by atoms with Crippen LogP contribution >= 0.6 is 11.8 Å². The monoisotopic (exact) mass is 368 g/mol. The number of methoxy groups -OCH3 is 1. The summed E-state index contributed by atoms with van der Waals surface area (Å²) in [5, 5.41) is 0.501. The molecule has 3 rings (SSSR count). The minimum absolute atomic E-state index is 0.0862. The molecule has 1 amide bonds. The van der Waals surface area contributed by atoms with Gasteiger partial charge in [0.1, 0.15) is 5.75 Å². The summed E-state index contributed by atoms with van der Waals surface area (Å²) in [7, 11) is -1.47. The van der Waals surface area contributed by atoms with Crippen molar-refractivity contribution in [3.05, 3.63) is 24.3 Å². The number of ether oxygens (including phenoxy) is 1. The molecular weight excluding hydrogens is 348 g/mol. The Morgan fingerprint density at radius 2 is 2.21 bits per heavy atom. The third-order valence-corrected chi connectivity index (χ3v) is 7.29. The first-order valence-corrected chi connectivity index (χ1v) is 10.6. The van der Waals surface area contributed by atoms with Crippen LogP contribution in [0.15, 0.2) is 29.3 Å². The van der Waals surface area contributed by atoms with Gasteiger partial charge in [-0.15, -0.1) is 0 Å². The smallest absolute Gasteiger partial charge is 0.248 e. The van der Waals surface area contributed by atoms with Crippen molar-refractivity contribution >= 4 is 38.4 Å². The van der Waals surface area contributed by atoms with Crippen LogP contribution < -0.4 is 9.64 Å². The minimum atomic E-state index is -3.06. The van der Waals surface area contributed by atoms with E-state index in [-0.39, 0.29) is 28.7 Å². The summed E-state index contributed by atoms with van der Waals surface area (Å²) in [6, 6.07) is 7.21. The first-order valence-electron chi connectivity index (χ1n) is 7.85. The van der Waals surface area contributed by atoms with E-state index in [4.69, 9.17) is 4.74 Å². The molecule has 2 atom stereocenters. The topological polar surface area (TPSA) is 76.0 Å². The highest BCUT2D eigenvalue weighted by atomic mass is 32.2. The second-order valence-electron chi connectivity index (χ2n) is 5.91. The van der Waals surface area contributed by atoms with E-state index in [1.54, 1.807) is 7.11 Å². The minimum Gasteiger partial charge on any atom is -0.497 e. The third-order valence-electron chi connectivity index (χ3n) is 4.08. The fourth-order valence-corrected chi connectivity index (χ4v) is 6.93. The Kier molecular flexibility index (Phi) is 4.87. The van der Waals surface area contributed by atoms with E-state index in [0.29, 0.717) is 17.3 Å². The number of sulfone groups is 1. The Balaban J connectivity index is 1.99. The Bertz CT molecular complexity index is 776. The molecule has 6 nitrogen and oxygen atoms in total. The molecule has 0 spiro atoms. The zero-order valence-electron chi connectivity index (χ0n) is 13.6. The van der Waals surface area contributed by atoms with Gasteiger partial charge in [-0.2, -0.15) is 4.99 Å². The molecule has 1 aromatic rings. The van der Waals surface area contributed by atoms with Crippen LogP contribution in [0.3, 0.4) is 0 Å². The number of carbonyl (C=O) groups excluding carboxylic acids is 1. The number of benzene rings is 1. The van der Waals surface area contributed by atoms with Gasteiger partial charge in [0.2, 0.25) is 5.91 Å². The summed E-state index contributed by atoms with van der Waals surface area (Å²) in [5.74, 6) is 0.726. The number of hydrogen-bond donors (Lipinski definition) is 0. The van der Waals surface area contributed by atoms with Crippen LogP contribution in [0.25, 0.3) is 0 Å². The number of aliphatic imine (C=N–C) groups is 1. The normalized spacial score (nSPS) is 26.6. The maximum Gasteiger partial charge on any atom is 0.248 e. The lowest BCUT2D eigenvalue weighted by molar-refractivity contribution is -0.117. The third kappa shape index (κ3) is 3.44. The molecule has 24 heavy (non-hydrogen) atoms. The van der Waals surface area contributed by atoms with Gasteiger partial charge in [-0.3, -0.25) is 4.79 Å². The number of hydrogen-bond acceptors (Lipinski definition) is 5. The van der Waals surface area contributed by atoms with Crippen LogP contribution in [0.5, 0.6) is 5.75 Å². The summed E-state index contributed by atoms with van der Waals surface area (Å²) in [6.07, 6.45) is 1.13. The average Bonchev–Trinajstić information content (AvgIpc) is 2.98. The van der Waals surface area contributed by atoms with E-state index in [1.807, 2.05) is 36.1 Å². The molecule has 2 aliphatic heterocycles. The zero-order chi connectivity index (χ0) is 17.3. The van der Waals surface area contributed by atoms with Crippen molar-refractivity contribution < 1.29 is 17.9 Å². The lowest BCUT2D eigenvalue weighted by Gasteiger charge is -2.24. The lowest BCUT2D eigenvalue weighted by Crippen LogP contribution is -2.37. The first kappa shape index (κ1) is 17.3. The van der Waals surface area contributed by atoms with Crippen molar-refractivity contribution in [2.45, 2.75) is 31.1 Å². The summed E-state index contributed by atoms with van der Waals surface area (Å²) < 4.78 is 29.3. The van der Waals surface area contributed by atoms with Crippen molar-refractivity contribution in [1.29, 1.82) is 0 Å². The molecule has 130 valence electrons. The number of fused-ring (bicyclic) bond motifs is 1. The molecule has 8 heteroatoms. The Hall–Kier alpha value is -1.54. The van der Waals surface area contributed by atoms with Gasteiger partial charge in [-0.25, -0.2) is 8.42 Å². The number of anilines is 1. The Morgan fingerprint density at radius 3 is 2.92 bits per heavy atom. The van der Waals surface area contributed by atoms with Gasteiger partial charge >= 0.3 is 0 Å². The van der Waals surface area contributed by atoms with E-state index < -0.39 is 9.84 Å². The molecule has 0 aromatic heterocycles. The SMILES string of the molecule is CCCC(=O)N=C1S[C@H]2CS(=O)(=O)C[C@H]2N1c1cccc(OC)c1. The summed E-state index contributed by atoms with van der Waals surface area (Å²) in [5.41, 5.74) is 0.800. The van der Waals surface area contributed by atoms with Crippen molar-refractivity contribution in [2.75, 3.05) is 23.5 Å². The number of amides is 1. The highest BCUT2D eigenvalue weighted by Crippen LogP contribution is 2.41. The van der Waals surface area contributed by atoms with Gasteiger partial charge in [-0.05, 0) is 18.6 Å². The first-order chi connectivity index (χ1) is 11.4. The van der Waals surface area contributed by atoms with E-state index in [1.165, 1.54) is 11.8 Å². The van der Waals surface area contributed by atoms with Gasteiger partial charge in [-0.1, -0.05) is 24.8 Å². The van der Waals surface area contributed by atoms with E-state index in [2.05, 4.69) is 4.99 Å². The van der Waals surface area contributed by atoms with Crippen LogP contribution in [0.4, 0.5) is 5.69 Å². The largest absolute Gasteiger partial charge is 0.497 e. The zero-order valence-corrected chi connectivity index (χ0v) is 15.3. The molecule has 0 bridgehead atoms. The van der Waals surface area contributed by atoms with Gasteiger partial charge in [0.25, 0.3) is 0 Å². The maximum atomic E-state index is 12.0. The van der Waals surface area contributed by atoms with Crippen LogP contribution in [-0.4, -0.2) is 49.4 Å². The fourth-order valence-electron chi connectivity index (χ4n) is 3.00. The van der Waals surface area contributed by atoms with Gasteiger partial charge in [0.15, 0.2) is 15.0 Å². The predicted molar refractivity (Wildman–Crippen MR) is 96.6 cm³/mol. The maximum absolute atomic E-state index is 12.0. The van der Waals surface area contributed by atoms with E-state index in [0.717, 1.165) is 12.1 Å². The number of thioether (sulfide) groups is 1. The highest BCUT2D eigenvalue weighted by Gasteiger charge is 2.49. The number of nitrogens with zero attached hydrogens (tertiary/aromatic N) is 2. The number of rotatable bonds is 4. The van der Waals surface area contributed by atoms with E-state index in [9.17, 15) is 13.2 Å². The highest BCUT2D eigenvalue weighted by molar-refractivity contribution is 8.16. The second-order valence-corrected chi connectivity index (χ2v) is 9.27. The molecule has 2 aliphatic rings. The van der Waals surface area contributed by atoms with Crippen molar-refractivity contribution in [1.82, 2.24) is 0 Å². The van der Waals surface area contributed by atoms with Crippen molar-refractivity contribution in [2.24, 2.45) is 4.99 Å². The molecular formula is C16H20N2O4S2. The van der Waals surface area contributed by atoms with Crippen LogP contribution in [0, 0.1) is 0 Å². The molecule has 2 heterocycles. The number of carbonyl (C=O) groups is 1. The van der Waals surface area contributed by atoms with Crippen molar-refractivity contribution in [3.8, 4) is 5.75 Å². The molecule has 2 saturated heterocycles. The van der Waals surface area contributed by atoms with Gasteiger partial charge in [0, 0.05) is 23.4 Å². The average molecular weight is 368 g/mol. The lowest BCUT2D eigenvalue weighted by atomic mass is 10.2. The Morgan fingerprint density at radius 1 is 1.42 bits per heavy atom. The summed E-state index contributed by atoms with van der Waals surface area (Å²) >= 11 is 1.39. The van der Waals surface area contributed by atoms with Gasteiger partial charge < -0.3 is 9.64 Å². The fraction of sp³-hybridized carbons (Fsp3) is 0.500. The van der Waals surface area contributed by atoms with Crippen LogP contribution in [0.1, 0.15) is 19.8 Å². The Labute approximate surface area is 146 Å². The number of amidine groups is 1. The molecule has 1 aromatic carbocycles.